The molecule has 1 aromatic heterocycles. The van der Waals surface area contributed by atoms with Crippen molar-refractivity contribution in [3.63, 3.8) is 0 Å². The van der Waals surface area contributed by atoms with Gasteiger partial charge in [-0.15, -0.1) is 0 Å². The number of hydrogen-bond acceptors (Lipinski definition) is 3. The van der Waals surface area contributed by atoms with Crippen molar-refractivity contribution < 1.29 is 0 Å². The summed E-state index contributed by atoms with van der Waals surface area (Å²) >= 11 is 0. The van der Waals surface area contributed by atoms with Gasteiger partial charge < -0.3 is 0 Å². The largest absolute Gasteiger partial charge is 0.271 e. The van der Waals surface area contributed by atoms with Crippen LogP contribution in [0.15, 0.2) is 36.7 Å². The Hall–Kier alpha value is -1.45. The zero-order chi connectivity index (χ0) is 13.1. The topological polar surface area (TPSA) is 50.9 Å². The van der Waals surface area contributed by atoms with Crippen LogP contribution in [0.5, 0.6) is 0 Å². The molecule has 2 unspecified atom stereocenters. The Balaban J connectivity index is 2.51. The average molecular weight is 243 g/mol. The van der Waals surface area contributed by atoms with Crippen LogP contribution in [0.2, 0.25) is 0 Å². The lowest BCUT2D eigenvalue weighted by molar-refractivity contribution is 0.308. The predicted octanol–water partition coefficient (Wildman–Crippen LogP) is 3.03. The minimum absolute atomic E-state index is 0.163. The monoisotopic (exact) mass is 243 g/mol. The number of hydrazine groups is 1. The molecule has 0 aliphatic carbocycles. The fraction of sp³-hybridized carbons (Fsp3) is 0.400. The fourth-order valence-electron chi connectivity index (χ4n) is 2.33. The highest BCUT2D eigenvalue weighted by atomic mass is 15.2. The molecule has 0 aliphatic heterocycles. The minimum Gasteiger partial charge on any atom is -0.271 e. The molecular formula is C15H21N3. The van der Waals surface area contributed by atoms with E-state index in [9.17, 15) is 0 Å². The van der Waals surface area contributed by atoms with Gasteiger partial charge in [0.1, 0.15) is 0 Å². The molecule has 2 atom stereocenters. The maximum Gasteiger partial charge on any atom is 0.0494 e. The number of nitrogens with two attached hydrogens (primary N) is 1. The first-order valence-corrected chi connectivity index (χ1v) is 6.44. The molecule has 0 saturated carbocycles. The standard InChI is InChI=1S/C15H21N3/c1-10(2)11(3)15(18-16)14-6-4-5-12-9-17-8-7-13(12)14/h4-11,15,18H,16H2,1-3H3. The molecule has 2 rings (SSSR count). The van der Waals surface area contributed by atoms with Crippen LogP contribution in [0.3, 0.4) is 0 Å². The number of nitrogens with one attached hydrogen (secondary N) is 1. The number of fused-ring (bicyclic) bond motifs is 1. The van der Waals surface area contributed by atoms with Crippen molar-refractivity contribution in [2.75, 3.05) is 0 Å². The summed E-state index contributed by atoms with van der Waals surface area (Å²) in [5.41, 5.74) is 4.22. The second-order valence-corrected chi connectivity index (χ2v) is 5.19. The predicted molar refractivity (Wildman–Crippen MR) is 75.8 cm³/mol. The SMILES string of the molecule is CC(C)C(C)C(NN)c1cccc2cnccc12. The zero-order valence-electron chi connectivity index (χ0n) is 11.2. The highest BCUT2D eigenvalue weighted by Gasteiger charge is 2.22. The van der Waals surface area contributed by atoms with Gasteiger partial charge in [0.25, 0.3) is 0 Å². The van der Waals surface area contributed by atoms with Gasteiger partial charge in [-0.1, -0.05) is 39.0 Å². The van der Waals surface area contributed by atoms with Gasteiger partial charge in [0.05, 0.1) is 0 Å². The molecule has 3 nitrogen and oxygen atoms in total. The molecule has 3 heteroatoms. The van der Waals surface area contributed by atoms with E-state index in [1.54, 1.807) is 0 Å². The molecule has 0 bridgehead atoms. The lowest BCUT2D eigenvalue weighted by atomic mass is 9.85. The van der Waals surface area contributed by atoms with Crippen molar-refractivity contribution in [2.24, 2.45) is 17.7 Å². The van der Waals surface area contributed by atoms with Crippen molar-refractivity contribution in [3.05, 3.63) is 42.2 Å². The minimum atomic E-state index is 0.163. The third-order valence-electron chi connectivity index (χ3n) is 3.81. The first-order chi connectivity index (χ1) is 8.65. The normalized spacial score (nSPS) is 14.9. The lowest BCUT2D eigenvalue weighted by Gasteiger charge is -2.27. The Morgan fingerprint density at radius 1 is 1.17 bits per heavy atom. The van der Waals surface area contributed by atoms with Crippen LogP contribution >= 0.6 is 0 Å². The summed E-state index contributed by atoms with van der Waals surface area (Å²) in [6, 6.07) is 8.51. The number of nitrogens with zero attached hydrogens (tertiary/aromatic N) is 1. The molecular weight excluding hydrogens is 222 g/mol. The van der Waals surface area contributed by atoms with Crippen molar-refractivity contribution in [1.82, 2.24) is 10.4 Å². The van der Waals surface area contributed by atoms with Crippen molar-refractivity contribution >= 4 is 10.8 Å². The number of benzene rings is 1. The van der Waals surface area contributed by atoms with Gasteiger partial charge in [-0.05, 0) is 28.9 Å². The Kier molecular flexibility index (Phi) is 3.94. The average Bonchev–Trinajstić information content (AvgIpc) is 2.39. The molecule has 3 N–H and O–H groups in total. The van der Waals surface area contributed by atoms with Crippen molar-refractivity contribution in [2.45, 2.75) is 26.8 Å². The smallest absolute Gasteiger partial charge is 0.0494 e. The molecule has 0 spiro atoms. The second kappa shape index (κ2) is 5.46. The molecule has 0 fully saturated rings. The van der Waals surface area contributed by atoms with Crippen LogP contribution in [-0.2, 0) is 0 Å². The summed E-state index contributed by atoms with van der Waals surface area (Å²) in [5, 5.41) is 2.38. The fourth-order valence-corrected chi connectivity index (χ4v) is 2.33. The van der Waals surface area contributed by atoms with E-state index in [0.29, 0.717) is 11.8 Å². The highest BCUT2D eigenvalue weighted by Crippen LogP contribution is 2.31. The summed E-state index contributed by atoms with van der Waals surface area (Å²) in [6.07, 6.45) is 3.73. The summed E-state index contributed by atoms with van der Waals surface area (Å²) in [4.78, 5) is 4.17. The molecule has 0 amide bonds. The molecule has 1 heterocycles. The first-order valence-electron chi connectivity index (χ1n) is 6.44. The van der Waals surface area contributed by atoms with E-state index in [0.717, 1.165) is 5.39 Å². The maximum atomic E-state index is 5.77. The third-order valence-corrected chi connectivity index (χ3v) is 3.81. The Morgan fingerprint density at radius 2 is 1.94 bits per heavy atom. The number of hydrogen-bond donors (Lipinski definition) is 2. The van der Waals surface area contributed by atoms with Gasteiger partial charge in [-0.25, -0.2) is 0 Å². The van der Waals surface area contributed by atoms with Gasteiger partial charge >= 0.3 is 0 Å². The summed E-state index contributed by atoms with van der Waals surface area (Å²) in [7, 11) is 0. The van der Waals surface area contributed by atoms with Crippen molar-refractivity contribution in [1.29, 1.82) is 0 Å². The molecule has 1 aromatic carbocycles. The van der Waals surface area contributed by atoms with E-state index in [-0.39, 0.29) is 6.04 Å². The molecule has 96 valence electrons. The first kappa shape index (κ1) is 13.0. The van der Waals surface area contributed by atoms with Gasteiger partial charge in [-0.3, -0.25) is 16.3 Å². The molecule has 2 aromatic rings. The molecule has 0 saturated heterocycles. The number of aromatic nitrogens is 1. The van der Waals surface area contributed by atoms with Gasteiger partial charge in [0.15, 0.2) is 0 Å². The number of rotatable bonds is 4. The van der Waals surface area contributed by atoms with Crippen LogP contribution in [0.4, 0.5) is 0 Å². The van der Waals surface area contributed by atoms with Gasteiger partial charge in [0, 0.05) is 23.8 Å². The second-order valence-electron chi connectivity index (χ2n) is 5.19. The Morgan fingerprint density at radius 3 is 2.61 bits per heavy atom. The van der Waals surface area contributed by atoms with Gasteiger partial charge in [0.2, 0.25) is 0 Å². The zero-order valence-corrected chi connectivity index (χ0v) is 11.2. The van der Waals surface area contributed by atoms with Crippen LogP contribution < -0.4 is 11.3 Å². The van der Waals surface area contributed by atoms with E-state index in [4.69, 9.17) is 5.84 Å². The lowest BCUT2D eigenvalue weighted by Crippen LogP contribution is -2.34. The molecule has 0 radical (unpaired) electrons. The van der Waals surface area contributed by atoms with E-state index >= 15 is 0 Å². The van der Waals surface area contributed by atoms with Crippen molar-refractivity contribution in [3.8, 4) is 0 Å². The van der Waals surface area contributed by atoms with Crippen LogP contribution in [0.1, 0.15) is 32.4 Å². The van der Waals surface area contributed by atoms with E-state index in [2.05, 4.69) is 55.4 Å². The van der Waals surface area contributed by atoms with E-state index in [1.165, 1.54) is 10.9 Å². The van der Waals surface area contributed by atoms with Crippen LogP contribution in [0.25, 0.3) is 10.8 Å². The number of pyridine rings is 1. The maximum absolute atomic E-state index is 5.77. The quantitative estimate of drug-likeness (QED) is 0.641. The van der Waals surface area contributed by atoms with Gasteiger partial charge in [-0.2, -0.15) is 0 Å². The summed E-state index contributed by atoms with van der Waals surface area (Å²) in [6.45, 7) is 6.68. The Bertz CT molecular complexity index is 517. The highest BCUT2D eigenvalue weighted by molar-refractivity contribution is 5.85. The Labute approximate surface area is 108 Å². The summed E-state index contributed by atoms with van der Waals surface area (Å²) in [5.74, 6) is 6.81. The molecule has 0 aliphatic rings. The third kappa shape index (κ3) is 2.37. The van der Waals surface area contributed by atoms with E-state index in [1.807, 2.05) is 12.4 Å². The van der Waals surface area contributed by atoms with Crippen LogP contribution in [-0.4, -0.2) is 4.98 Å². The van der Waals surface area contributed by atoms with Crippen LogP contribution in [0, 0.1) is 11.8 Å². The molecule has 18 heavy (non-hydrogen) atoms. The summed E-state index contributed by atoms with van der Waals surface area (Å²) < 4.78 is 0. The van der Waals surface area contributed by atoms with E-state index < -0.39 is 0 Å².